The molecule has 0 bridgehead atoms. The van der Waals surface area contributed by atoms with E-state index in [1.807, 2.05) is 0 Å². The molecule has 0 amide bonds. The van der Waals surface area contributed by atoms with Crippen molar-refractivity contribution in [3.8, 4) is 0 Å². The van der Waals surface area contributed by atoms with Crippen LogP contribution >= 0.6 is 0 Å². The maximum Gasteiger partial charge on any atom is 0.306 e. The van der Waals surface area contributed by atoms with Crippen LogP contribution in [0.2, 0.25) is 0 Å². The summed E-state index contributed by atoms with van der Waals surface area (Å²) in [6.45, 7) is 1.71. The van der Waals surface area contributed by atoms with Crippen molar-refractivity contribution < 1.29 is 28.5 Å². The van der Waals surface area contributed by atoms with Crippen LogP contribution in [0, 0.1) is 0 Å². The van der Waals surface area contributed by atoms with Gasteiger partial charge in [-0.3, -0.25) is 0 Å². The minimum absolute atomic E-state index is 0.186. The van der Waals surface area contributed by atoms with Crippen molar-refractivity contribution in [2.24, 2.45) is 5.73 Å². The molecule has 1 heterocycles. The first-order chi connectivity index (χ1) is 7.45. The molecule has 1 aliphatic heterocycles. The average molecular weight is 241 g/mol. The fraction of sp³-hybridized carbons (Fsp3) is 1.00. The standard InChI is InChI=1S/C9H17F2NO4/c1-2-3-15-8-7(14)9(10,11)6(13)5(4-12)16-8/h5-8,13-14H,2-4,12H2,1H3/t5-,6-,7+,8-/m1/s1. The Morgan fingerprint density at radius 2 is 2.00 bits per heavy atom. The van der Waals surface area contributed by atoms with Crippen LogP contribution in [-0.2, 0) is 9.47 Å². The summed E-state index contributed by atoms with van der Waals surface area (Å²) in [7, 11) is 0. The Kier molecular flexibility index (Phi) is 4.57. The van der Waals surface area contributed by atoms with Gasteiger partial charge in [-0.15, -0.1) is 0 Å². The van der Waals surface area contributed by atoms with E-state index in [1.54, 1.807) is 6.92 Å². The van der Waals surface area contributed by atoms with Gasteiger partial charge in [0, 0.05) is 13.2 Å². The van der Waals surface area contributed by atoms with Gasteiger partial charge in [-0.1, -0.05) is 6.92 Å². The second kappa shape index (κ2) is 5.33. The molecule has 0 radical (unpaired) electrons. The first-order valence-corrected chi connectivity index (χ1v) is 5.16. The highest BCUT2D eigenvalue weighted by atomic mass is 19.3. The van der Waals surface area contributed by atoms with Crippen molar-refractivity contribution in [2.45, 2.75) is 43.9 Å². The van der Waals surface area contributed by atoms with Crippen LogP contribution in [0.15, 0.2) is 0 Å². The van der Waals surface area contributed by atoms with Crippen molar-refractivity contribution in [3.63, 3.8) is 0 Å². The van der Waals surface area contributed by atoms with Crippen LogP contribution in [0.1, 0.15) is 13.3 Å². The molecule has 0 unspecified atom stereocenters. The molecule has 0 aliphatic carbocycles. The first kappa shape index (κ1) is 13.7. The molecule has 1 aliphatic rings. The van der Waals surface area contributed by atoms with E-state index in [9.17, 15) is 19.0 Å². The molecule has 0 aromatic heterocycles. The molecule has 96 valence electrons. The van der Waals surface area contributed by atoms with Gasteiger partial charge in [0.05, 0.1) is 0 Å². The second-order valence-corrected chi connectivity index (χ2v) is 3.71. The number of aliphatic hydroxyl groups is 2. The van der Waals surface area contributed by atoms with Crippen molar-refractivity contribution in [2.75, 3.05) is 13.2 Å². The van der Waals surface area contributed by atoms with E-state index in [2.05, 4.69) is 0 Å². The molecule has 16 heavy (non-hydrogen) atoms. The normalized spacial score (nSPS) is 38.6. The minimum Gasteiger partial charge on any atom is -0.384 e. The van der Waals surface area contributed by atoms with Crippen LogP contribution in [0.3, 0.4) is 0 Å². The molecule has 5 nitrogen and oxygen atoms in total. The number of rotatable bonds is 4. The average Bonchev–Trinajstić information content (AvgIpc) is 2.26. The Morgan fingerprint density at radius 3 is 2.50 bits per heavy atom. The molecule has 4 atom stereocenters. The first-order valence-electron chi connectivity index (χ1n) is 5.16. The van der Waals surface area contributed by atoms with Gasteiger partial charge in [-0.05, 0) is 6.42 Å². The van der Waals surface area contributed by atoms with Gasteiger partial charge in [-0.25, -0.2) is 8.78 Å². The van der Waals surface area contributed by atoms with Gasteiger partial charge in [0.15, 0.2) is 12.4 Å². The Balaban J connectivity index is 2.73. The highest BCUT2D eigenvalue weighted by Gasteiger charge is 2.57. The smallest absolute Gasteiger partial charge is 0.306 e. The Labute approximate surface area is 92.1 Å². The summed E-state index contributed by atoms with van der Waals surface area (Å²) in [5, 5.41) is 18.5. The molecule has 7 heteroatoms. The lowest BCUT2D eigenvalue weighted by molar-refractivity contribution is -0.340. The predicted octanol–water partition coefficient (Wildman–Crippen LogP) is -0.546. The molecule has 1 rings (SSSR count). The predicted molar refractivity (Wildman–Crippen MR) is 50.9 cm³/mol. The number of halogens is 2. The van der Waals surface area contributed by atoms with E-state index in [0.29, 0.717) is 6.42 Å². The number of alkyl halides is 2. The second-order valence-electron chi connectivity index (χ2n) is 3.71. The van der Waals surface area contributed by atoms with Gasteiger partial charge in [-0.2, -0.15) is 0 Å². The summed E-state index contributed by atoms with van der Waals surface area (Å²) < 4.78 is 36.7. The fourth-order valence-corrected chi connectivity index (χ4v) is 1.47. The Hall–Kier alpha value is -0.340. The third-order valence-electron chi connectivity index (χ3n) is 2.43. The number of ether oxygens (including phenoxy) is 2. The molecule has 4 N–H and O–H groups in total. The number of aliphatic hydroxyl groups excluding tert-OH is 2. The van der Waals surface area contributed by atoms with Crippen LogP contribution < -0.4 is 5.73 Å². The van der Waals surface area contributed by atoms with Gasteiger partial charge in [0.2, 0.25) is 0 Å². The van der Waals surface area contributed by atoms with Crippen molar-refractivity contribution in [1.29, 1.82) is 0 Å². The van der Waals surface area contributed by atoms with E-state index >= 15 is 0 Å². The quantitative estimate of drug-likeness (QED) is 0.615. The van der Waals surface area contributed by atoms with E-state index < -0.39 is 30.5 Å². The lowest BCUT2D eigenvalue weighted by Gasteiger charge is -2.41. The molecule has 0 aromatic carbocycles. The summed E-state index contributed by atoms with van der Waals surface area (Å²) in [5.41, 5.74) is 5.20. The zero-order valence-electron chi connectivity index (χ0n) is 8.97. The molecular weight excluding hydrogens is 224 g/mol. The number of hydrogen-bond acceptors (Lipinski definition) is 5. The van der Waals surface area contributed by atoms with Crippen LogP contribution in [0.5, 0.6) is 0 Å². The van der Waals surface area contributed by atoms with Gasteiger partial charge in [0.1, 0.15) is 12.2 Å². The van der Waals surface area contributed by atoms with Gasteiger partial charge < -0.3 is 25.4 Å². The molecule has 0 spiro atoms. The summed E-state index contributed by atoms with van der Waals surface area (Å²) in [6.07, 6.45) is -6.38. The minimum atomic E-state index is -3.68. The highest BCUT2D eigenvalue weighted by molar-refractivity contribution is 4.95. The van der Waals surface area contributed by atoms with Crippen LogP contribution in [0.4, 0.5) is 8.78 Å². The lowest BCUT2D eigenvalue weighted by Crippen LogP contribution is -2.64. The fourth-order valence-electron chi connectivity index (χ4n) is 1.47. The van der Waals surface area contributed by atoms with Crippen molar-refractivity contribution >= 4 is 0 Å². The third-order valence-corrected chi connectivity index (χ3v) is 2.43. The molecular formula is C9H17F2NO4. The maximum absolute atomic E-state index is 13.4. The summed E-state index contributed by atoms with van der Waals surface area (Å²) >= 11 is 0. The largest absolute Gasteiger partial charge is 0.384 e. The van der Waals surface area contributed by atoms with E-state index in [-0.39, 0.29) is 13.2 Å². The Morgan fingerprint density at radius 1 is 1.38 bits per heavy atom. The summed E-state index contributed by atoms with van der Waals surface area (Å²) in [5.74, 6) is -3.68. The highest BCUT2D eigenvalue weighted by Crippen LogP contribution is 2.34. The maximum atomic E-state index is 13.4. The van der Waals surface area contributed by atoms with Gasteiger partial charge >= 0.3 is 5.92 Å². The lowest BCUT2D eigenvalue weighted by atomic mass is 9.98. The zero-order chi connectivity index (χ0) is 12.3. The van der Waals surface area contributed by atoms with E-state index in [4.69, 9.17) is 15.2 Å². The van der Waals surface area contributed by atoms with Crippen LogP contribution in [0.25, 0.3) is 0 Å². The van der Waals surface area contributed by atoms with E-state index in [1.165, 1.54) is 0 Å². The van der Waals surface area contributed by atoms with Crippen molar-refractivity contribution in [3.05, 3.63) is 0 Å². The molecule has 0 aromatic rings. The third kappa shape index (κ3) is 2.49. The van der Waals surface area contributed by atoms with Crippen LogP contribution in [-0.4, -0.2) is 53.9 Å². The number of nitrogens with two attached hydrogens (primary N) is 1. The summed E-state index contributed by atoms with van der Waals surface area (Å²) in [4.78, 5) is 0. The molecule has 1 saturated heterocycles. The molecule has 0 saturated carbocycles. The zero-order valence-corrected chi connectivity index (χ0v) is 8.97. The van der Waals surface area contributed by atoms with Gasteiger partial charge in [0.25, 0.3) is 0 Å². The SMILES string of the molecule is CCCO[C@@H]1O[C@H](CN)[C@@H](O)C(F)(F)[C@H]1O. The Bertz CT molecular complexity index is 230. The molecule has 1 fully saturated rings. The number of hydrogen-bond donors (Lipinski definition) is 3. The topological polar surface area (TPSA) is 84.9 Å². The monoisotopic (exact) mass is 241 g/mol. The van der Waals surface area contributed by atoms with Crippen molar-refractivity contribution in [1.82, 2.24) is 0 Å². The summed E-state index contributed by atoms with van der Waals surface area (Å²) in [6, 6.07) is 0. The van der Waals surface area contributed by atoms with E-state index in [0.717, 1.165) is 0 Å².